The van der Waals surface area contributed by atoms with Gasteiger partial charge in [-0.3, -0.25) is 0 Å². The van der Waals surface area contributed by atoms with Crippen molar-refractivity contribution in [1.82, 2.24) is 0 Å². The van der Waals surface area contributed by atoms with E-state index in [0.29, 0.717) is 18.1 Å². The monoisotopic (exact) mass is 266 g/mol. The van der Waals surface area contributed by atoms with Crippen LogP contribution in [0.1, 0.15) is 24.5 Å². The summed E-state index contributed by atoms with van der Waals surface area (Å²) in [7, 11) is 0. The Morgan fingerprint density at radius 2 is 1.50 bits per heavy atom. The molecule has 0 unspecified atom stereocenters. The minimum absolute atomic E-state index is 0.457. The second kappa shape index (κ2) is 6.23. The van der Waals surface area contributed by atoms with Crippen LogP contribution in [0.5, 0.6) is 0 Å². The number of aryl methyl sites for hydroxylation is 1. The summed E-state index contributed by atoms with van der Waals surface area (Å²) in [6.45, 7) is 2.31. The molecule has 2 aromatic carbocycles. The lowest BCUT2D eigenvalue weighted by Gasteiger charge is -2.08. The van der Waals surface area contributed by atoms with E-state index < -0.39 is 0 Å². The summed E-state index contributed by atoms with van der Waals surface area (Å²) in [5.41, 5.74) is 2.83. The third-order valence-corrected chi connectivity index (χ3v) is 4.14. The van der Waals surface area contributed by atoms with Crippen molar-refractivity contribution in [3.05, 3.63) is 71.8 Å². The van der Waals surface area contributed by atoms with E-state index >= 15 is 0 Å². The summed E-state index contributed by atoms with van der Waals surface area (Å²) in [5, 5.41) is 0. The third-order valence-electron chi connectivity index (χ3n) is 4.14. The van der Waals surface area contributed by atoms with Gasteiger partial charge in [-0.2, -0.15) is 0 Å². The van der Waals surface area contributed by atoms with Gasteiger partial charge in [0.25, 0.3) is 0 Å². The largest absolute Gasteiger partial charge is 0.369 e. The molecule has 0 N–H and O–H groups in total. The summed E-state index contributed by atoms with van der Waals surface area (Å²) in [5.74, 6) is 0.609. The zero-order valence-corrected chi connectivity index (χ0v) is 12.0. The summed E-state index contributed by atoms with van der Waals surface area (Å²) < 4.78 is 5.87. The number of rotatable bonds is 6. The standard InChI is InChI=1S/C19H22O/c1-15(14-17-10-6-3-7-11-17)19-18(20-19)13-12-16-8-4-2-5-9-16/h2-11,15,18-19H,12-14H2,1H3/t15-,18-,19-/m1/s1. The number of hydrogen-bond donors (Lipinski definition) is 0. The van der Waals surface area contributed by atoms with Crippen LogP contribution in [-0.4, -0.2) is 12.2 Å². The van der Waals surface area contributed by atoms with E-state index in [2.05, 4.69) is 67.6 Å². The van der Waals surface area contributed by atoms with Gasteiger partial charge in [-0.05, 0) is 36.3 Å². The van der Waals surface area contributed by atoms with Gasteiger partial charge < -0.3 is 4.74 Å². The van der Waals surface area contributed by atoms with Crippen molar-refractivity contribution in [1.29, 1.82) is 0 Å². The Morgan fingerprint density at radius 1 is 0.900 bits per heavy atom. The summed E-state index contributed by atoms with van der Waals surface area (Å²) in [6, 6.07) is 21.4. The quantitative estimate of drug-likeness (QED) is 0.711. The van der Waals surface area contributed by atoms with E-state index in [-0.39, 0.29) is 0 Å². The van der Waals surface area contributed by atoms with Crippen LogP contribution < -0.4 is 0 Å². The van der Waals surface area contributed by atoms with Crippen molar-refractivity contribution in [2.24, 2.45) is 5.92 Å². The van der Waals surface area contributed by atoms with Gasteiger partial charge in [-0.1, -0.05) is 67.6 Å². The van der Waals surface area contributed by atoms with Gasteiger partial charge in [-0.25, -0.2) is 0 Å². The van der Waals surface area contributed by atoms with Crippen LogP contribution in [0.4, 0.5) is 0 Å². The van der Waals surface area contributed by atoms with Crippen molar-refractivity contribution in [3.63, 3.8) is 0 Å². The van der Waals surface area contributed by atoms with Crippen LogP contribution in [0, 0.1) is 5.92 Å². The van der Waals surface area contributed by atoms with Crippen LogP contribution in [0.15, 0.2) is 60.7 Å². The van der Waals surface area contributed by atoms with Crippen molar-refractivity contribution in [2.75, 3.05) is 0 Å². The van der Waals surface area contributed by atoms with Crippen LogP contribution in [0.2, 0.25) is 0 Å². The topological polar surface area (TPSA) is 12.5 Å². The second-order valence-corrected chi connectivity index (χ2v) is 5.83. The fourth-order valence-corrected chi connectivity index (χ4v) is 2.94. The van der Waals surface area contributed by atoms with E-state index in [1.165, 1.54) is 11.1 Å². The summed E-state index contributed by atoms with van der Waals surface area (Å²) in [6.07, 6.45) is 4.31. The average Bonchev–Trinajstić information content (AvgIpc) is 3.27. The van der Waals surface area contributed by atoms with E-state index in [0.717, 1.165) is 19.3 Å². The molecule has 3 rings (SSSR count). The zero-order valence-electron chi connectivity index (χ0n) is 12.0. The highest BCUT2D eigenvalue weighted by molar-refractivity contribution is 5.17. The molecule has 104 valence electrons. The highest BCUT2D eigenvalue weighted by Gasteiger charge is 2.41. The molecule has 0 bridgehead atoms. The molecule has 0 aliphatic carbocycles. The SMILES string of the molecule is C[C@H](Cc1ccccc1)[C@H]1O[C@@H]1CCc1ccccc1. The summed E-state index contributed by atoms with van der Waals surface area (Å²) >= 11 is 0. The molecule has 1 nitrogen and oxygen atoms in total. The predicted molar refractivity (Wildman–Crippen MR) is 82.7 cm³/mol. The van der Waals surface area contributed by atoms with Crippen LogP contribution in [0.3, 0.4) is 0 Å². The van der Waals surface area contributed by atoms with Crippen LogP contribution in [-0.2, 0) is 17.6 Å². The lowest BCUT2D eigenvalue weighted by atomic mass is 9.95. The van der Waals surface area contributed by atoms with E-state index in [1.54, 1.807) is 0 Å². The van der Waals surface area contributed by atoms with Crippen molar-refractivity contribution < 1.29 is 4.74 Å². The first kappa shape index (κ1) is 13.4. The smallest absolute Gasteiger partial charge is 0.0870 e. The Labute approximate surface area is 121 Å². The molecule has 1 heterocycles. The van der Waals surface area contributed by atoms with Gasteiger partial charge in [-0.15, -0.1) is 0 Å². The molecule has 0 spiro atoms. The highest BCUT2D eigenvalue weighted by Crippen LogP contribution is 2.34. The fraction of sp³-hybridized carbons (Fsp3) is 0.368. The highest BCUT2D eigenvalue weighted by atomic mass is 16.6. The van der Waals surface area contributed by atoms with Crippen molar-refractivity contribution in [3.8, 4) is 0 Å². The van der Waals surface area contributed by atoms with E-state index in [4.69, 9.17) is 4.74 Å². The lowest BCUT2D eigenvalue weighted by Crippen LogP contribution is -2.10. The maximum absolute atomic E-state index is 5.87. The van der Waals surface area contributed by atoms with Gasteiger partial charge in [0.15, 0.2) is 0 Å². The van der Waals surface area contributed by atoms with E-state index in [9.17, 15) is 0 Å². The molecule has 0 amide bonds. The van der Waals surface area contributed by atoms with Crippen molar-refractivity contribution in [2.45, 2.75) is 38.4 Å². The molecule has 1 aliphatic rings. The van der Waals surface area contributed by atoms with Crippen LogP contribution in [0.25, 0.3) is 0 Å². The van der Waals surface area contributed by atoms with Gasteiger partial charge in [0, 0.05) is 0 Å². The number of hydrogen-bond acceptors (Lipinski definition) is 1. The Kier molecular flexibility index (Phi) is 4.17. The molecule has 1 saturated heterocycles. The maximum Gasteiger partial charge on any atom is 0.0870 e. The fourth-order valence-electron chi connectivity index (χ4n) is 2.94. The molecule has 2 aromatic rings. The molecule has 0 radical (unpaired) electrons. The molecule has 1 aliphatic heterocycles. The molecule has 0 aromatic heterocycles. The first-order valence-electron chi connectivity index (χ1n) is 7.56. The first-order valence-corrected chi connectivity index (χ1v) is 7.56. The molecule has 3 atom stereocenters. The lowest BCUT2D eigenvalue weighted by molar-refractivity contribution is 0.321. The molecular formula is C19H22O. The maximum atomic E-state index is 5.87. The molecule has 1 fully saturated rings. The second-order valence-electron chi connectivity index (χ2n) is 5.83. The Hall–Kier alpha value is -1.60. The molecular weight excluding hydrogens is 244 g/mol. The number of epoxide rings is 1. The predicted octanol–water partition coefficient (Wildman–Crippen LogP) is 4.27. The molecule has 1 heteroatoms. The Balaban J connectivity index is 1.44. The number of ether oxygens (including phenoxy) is 1. The third kappa shape index (κ3) is 3.49. The minimum atomic E-state index is 0.457. The van der Waals surface area contributed by atoms with Gasteiger partial charge in [0.05, 0.1) is 12.2 Å². The van der Waals surface area contributed by atoms with Crippen molar-refractivity contribution >= 4 is 0 Å². The molecule has 0 saturated carbocycles. The van der Waals surface area contributed by atoms with Gasteiger partial charge in [0.2, 0.25) is 0 Å². The van der Waals surface area contributed by atoms with Gasteiger partial charge >= 0.3 is 0 Å². The Bertz CT molecular complexity index is 520. The minimum Gasteiger partial charge on any atom is -0.369 e. The Morgan fingerprint density at radius 3 is 2.15 bits per heavy atom. The normalized spacial score (nSPS) is 22.4. The summed E-state index contributed by atoms with van der Waals surface area (Å²) in [4.78, 5) is 0. The van der Waals surface area contributed by atoms with Crippen LogP contribution >= 0.6 is 0 Å². The van der Waals surface area contributed by atoms with E-state index in [1.807, 2.05) is 0 Å². The first-order chi connectivity index (χ1) is 9.83. The zero-order chi connectivity index (χ0) is 13.8. The van der Waals surface area contributed by atoms with Gasteiger partial charge in [0.1, 0.15) is 0 Å². The average molecular weight is 266 g/mol. The number of benzene rings is 2. The molecule has 20 heavy (non-hydrogen) atoms.